The van der Waals surface area contributed by atoms with Crippen molar-refractivity contribution >= 4 is 23.2 Å². The molecule has 2 unspecified atom stereocenters. The molecular weight excluding hydrogens is 179 g/mol. The van der Waals surface area contributed by atoms with Gasteiger partial charge in [0.2, 0.25) is 0 Å². The van der Waals surface area contributed by atoms with Crippen LogP contribution >= 0.6 is 23.2 Å². The number of rotatable bonds is 0. The first-order valence-electron chi connectivity index (χ1n) is 4.61. The van der Waals surface area contributed by atoms with Gasteiger partial charge in [-0.15, -0.1) is 23.2 Å². The zero-order valence-corrected chi connectivity index (χ0v) is 8.17. The van der Waals surface area contributed by atoms with Gasteiger partial charge < -0.3 is 0 Å². The van der Waals surface area contributed by atoms with Crippen LogP contribution in [-0.4, -0.2) is 4.33 Å². The standard InChI is InChI=1S/C9H14Cl2/c10-9(11)7-5-3-1-2-4-6-8(7)9/h7-8H,1-6H2. The largest absolute Gasteiger partial charge is 0.124 e. The summed E-state index contributed by atoms with van der Waals surface area (Å²) in [4.78, 5) is 0. The van der Waals surface area contributed by atoms with Crippen LogP contribution in [0.5, 0.6) is 0 Å². The maximum absolute atomic E-state index is 6.12. The predicted octanol–water partition coefficient (Wildman–Crippen LogP) is 3.76. The Balaban J connectivity index is 1.95. The Kier molecular flexibility index (Phi) is 2.09. The Labute approximate surface area is 78.3 Å². The first-order valence-corrected chi connectivity index (χ1v) is 5.36. The zero-order valence-electron chi connectivity index (χ0n) is 6.65. The Hall–Kier alpha value is 0.580. The highest BCUT2D eigenvalue weighted by atomic mass is 35.5. The smallest absolute Gasteiger partial charge is 0.101 e. The van der Waals surface area contributed by atoms with Gasteiger partial charge in [-0.05, 0) is 24.7 Å². The third-order valence-electron chi connectivity index (χ3n) is 3.15. The molecule has 2 saturated carbocycles. The van der Waals surface area contributed by atoms with E-state index in [2.05, 4.69) is 0 Å². The second-order valence-corrected chi connectivity index (χ2v) is 5.32. The summed E-state index contributed by atoms with van der Waals surface area (Å²) < 4.78 is -0.329. The molecule has 0 radical (unpaired) electrons. The molecule has 0 heterocycles. The first kappa shape index (κ1) is 8.19. The van der Waals surface area contributed by atoms with E-state index in [9.17, 15) is 0 Å². The van der Waals surface area contributed by atoms with Gasteiger partial charge in [-0.3, -0.25) is 0 Å². The zero-order chi connectivity index (χ0) is 7.90. The minimum Gasteiger partial charge on any atom is -0.101 e. The average Bonchev–Trinajstić information content (AvgIpc) is 2.29. The van der Waals surface area contributed by atoms with Crippen LogP contribution in [0.4, 0.5) is 0 Å². The number of hydrogen-bond donors (Lipinski definition) is 0. The van der Waals surface area contributed by atoms with Crippen LogP contribution in [0.2, 0.25) is 0 Å². The summed E-state index contributed by atoms with van der Waals surface area (Å²) in [6, 6.07) is 0. The van der Waals surface area contributed by atoms with E-state index in [1.807, 2.05) is 0 Å². The number of alkyl halides is 2. The molecule has 0 aromatic carbocycles. The van der Waals surface area contributed by atoms with E-state index in [4.69, 9.17) is 23.2 Å². The number of halogens is 2. The molecule has 0 amide bonds. The molecule has 0 N–H and O–H groups in total. The lowest BCUT2D eigenvalue weighted by molar-refractivity contribution is 0.485. The van der Waals surface area contributed by atoms with Crippen molar-refractivity contribution in [3.63, 3.8) is 0 Å². The van der Waals surface area contributed by atoms with Crippen molar-refractivity contribution in [2.24, 2.45) is 11.8 Å². The minimum atomic E-state index is -0.329. The van der Waals surface area contributed by atoms with Crippen molar-refractivity contribution < 1.29 is 0 Å². The molecule has 2 atom stereocenters. The fourth-order valence-corrected chi connectivity index (χ4v) is 3.25. The summed E-state index contributed by atoms with van der Waals surface area (Å²) in [5.41, 5.74) is 0. The lowest BCUT2D eigenvalue weighted by Crippen LogP contribution is -1.90. The van der Waals surface area contributed by atoms with E-state index in [0.717, 1.165) is 0 Å². The second-order valence-electron chi connectivity index (χ2n) is 3.88. The molecule has 2 rings (SSSR count). The summed E-state index contributed by atoms with van der Waals surface area (Å²) in [7, 11) is 0. The SMILES string of the molecule is ClC1(Cl)C2CCCCCCC21. The van der Waals surface area contributed by atoms with Crippen molar-refractivity contribution in [3.05, 3.63) is 0 Å². The first-order chi connectivity index (χ1) is 5.23. The summed E-state index contributed by atoms with van der Waals surface area (Å²) in [5, 5.41) is 0. The fourth-order valence-electron chi connectivity index (χ4n) is 2.33. The number of fused-ring (bicyclic) bond motifs is 1. The van der Waals surface area contributed by atoms with Gasteiger partial charge in [-0.1, -0.05) is 25.7 Å². The van der Waals surface area contributed by atoms with Crippen LogP contribution in [0, 0.1) is 11.8 Å². The van der Waals surface area contributed by atoms with E-state index in [1.165, 1.54) is 38.5 Å². The van der Waals surface area contributed by atoms with Gasteiger partial charge in [0.15, 0.2) is 0 Å². The Morgan fingerprint density at radius 3 is 1.73 bits per heavy atom. The molecule has 2 fully saturated rings. The summed E-state index contributed by atoms with van der Waals surface area (Å²) in [6.45, 7) is 0. The van der Waals surface area contributed by atoms with Gasteiger partial charge in [0.1, 0.15) is 4.33 Å². The van der Waals surface area contributed by atoms with Crippen LogP contribution in [0.1, 0.15) is 38.5 Å². The van der Waals surface area contributed by atoms with Crippen molar-refractivity contribution in [1.29, 1.82) is 0 Å². The van der Waals surface area contributed by atoms with E-state index in [-0.39, 0.29) is 4.33 Å². The molecule has 0 spiro atoms. The number of hydrogen-bond acceptors (Lipinski definition) is 0. The van der Waals surface area contributed by atoms with Gasteiger partial charge in [0.25, 0.3) is 0 Å². The van der Waals surface area contributed by atoms with Crippen LogP contribution in [-0.2, 0) is 0 Å². The van der Waals surface area contributed by atoms with Crippen LogP contribution in [0.3, 0.4) is 0 Å². The van der Waals surface area contributed by atoms with E-state index >= 15 is 0 Å². The van der Waals surface area contributed by atoms with E-state index in [1.54, 1.807) is 0 Å². The topological polar surface area (TPSA) is 0 Å². The van der Waals surface area contributed by atoms with Gasteiger partial charge in [-0.2, -0.15) is 0 Å². The third kappa shape index (κ3) is 1.40. The predicted molar refractivity (Wildman–Crippen MR) is 49.1 cm³/mol. The highest BCUT2D eigenvalue weighted by Gasteiger charge is 2.61. The van der Waals surface area contributed by atoms with Gasteiger partial charge in [0.05, 0.1) is 0 Å². The minimum absolute atomic E-state index is 0.329. The lowest BCUT2D eigenvalue weighted by atomic mass is 10.0. The third-order valence-corrected chi connectivity index (χ3v) is 4.27. The van der Waals surface area contributed by atoms with Crippen LogP contribution < -0.4 is 0 Å². The molecular formula is C9H14Cl2. The lowest BCUT2D eigenvalue weighted by Gasteiger charge is -2.04. The summed E-state index contributed by atoms with van der Waals surface area (Å²) in [5.74, 6) is 1.26. The maximum atomic E-state index is 6.12. The average molecular weight is 193 g/mol. The summed E-state index contributed by atoms with van der Waals surface area (Å²) >= 11 is 12.2. The molecule has 0 aliphatic heterocycles. The molecule has 0 bridgehead atoms. The molecule has 2 aliphatic rings. The Morgan fingerprint density at radius 2 is 1.27 bits per heavy atom. The molecule has 0 saturated heterocycles. The monoisotopic (exact) mass is 192 g/mol. The quantitative estimate of drug-likeness (QED) is 0.514. The Morgan fingerprint density at radius 1 is 0.818 bits per heavy atom. The molecule has 2 heteroatoms. The van der Waals surface area contributed by atoms with Crippen molar-refractivity contribution in [2.45, 2.75) is 42.9 Å². The molecule has 11 heavy (non-hydrogen) atoms. The Bertz CT molecular complexity index is 138. The van der Waals surface area contributed by atoms with E-state index in [0.29, 0.717) is 11.8 Å². The van der Waals surface area contributed by atoms with Gasteiger partial charge >= 0.3 is 0 Å². The summed E-state index contributed by atoms with van der Waals surface area (Å²) in [6.07, 6.45) is 7.96. The van der Waals surface area contributed by atoms with Crippen molar-refractivity contribution in [3.8, 4) is 0 Å². The second kappa shape index (κ2) is 2.81. The van der Waals surface area contributed by atoms with Gasteiger partial charge in [0, 0.05) is 0 Å². The van der Waals surface area contributed by atoms with Crippen molar-refractivity contribution in [1.82, 2.24) is 0 Å². The molecule has 64 valence electrons. The van der Waals surface area contributed by atoms with Crippen LogP contribution in [0.25, 0.3) is 0 Å². The highest BCUT2D eigenvalue weighted by Crippen LogP contribution is 2.63. The molecule has 0 aromatic rings. The van der Waals surface area contributed by atoms with Crippen LogP contribution in [0.15, 0.2) is 0 Å². The van der Waals surface area contributed by atoms with Gasteiger partial charge in [-0.25, -0.2) is 0 Å². The fraction of sp³-hybridized carbons (Fsp3) is 1.00. The van der Waals surface area contributed by atoms with Crippen molar-refractivity contribution in [2.75, 3.05) is 0 Å². The molecule has 0 aromatic heterocycles. The normalized spacial score (nSPS) is 42.0. The molecule has 0 nitrogen and oxygen atoms in total. The van der Waals surface area contributed by atoms with E-state index < -0.39 is 0 Å². The highest BCUT2D eigenvalue weighted by molar-refractivity contribution is 6.51. The molecule has 2 aliphatic carbocycles. The maximum Gasteiger partial charge on any atom is 0.124 e.